The fourth-order valence-electron chi connectivity index (χ4n) is 3.19. The van der Waals surface area contributed by atoms with Crippen molar-refractivity contribution in [2.75, 3.05) is 13.4 Å². The summed E-state index contributed by atoms with van der Waals surface area (Å²) in [7, 11) is 1.64. The minimum absolute atomic E-state index is 0.222. The molecule has 0 bridgehead atoms. The second kappa shape index (κ2) is 10.6. The Kier molecular flexibility index (Phi) is 7.83. The maximum atomic E-state index is 5.92. The summed E-state index contributed by atoms with van der Waals surface area (Å²) in [5, 5.41) is 0. The lowest BCUT2D eigenvalue weighted by molar-refractivity contribution is -0.0382. The molecule has 0 spiro atoms. The van der Waals surface area contributed by atoms with Crippen LogP contribution in [0.4, 0.5) is 0 Å². The van der Waals surface area contributed by atoms with Crippen molar-refractivity contribution in [2.45, 2.75) is 44.5 Å². The standard InChI is InChI=1S/C26H30O3S/c1-6-18(2)28-22-14-10-20(11-15-22)24-8-7-9-25(26(24)30-5)21-12-16-23(17-13-21)29-19(3)27-4/h7-19H,6H2,1-5H3. The summed E-state index contributed by atoms with van der Waals surface area (Å²) in [6.07, 6.45) is 3.07. The van der Waals surface area contributed by atoms with Gasteiger partial charge in [0.2, 0.25) is 0 Å². The zero-order valence-corrected chi connectivity index (χ0v) is 19.2. The highest BCUT2D eigenvalue weighted by atomic mass is 32.2. The van der Waals surface area contributed by atoms with E-state index in [1.54, 1.807) is 18.9 Å². The van der Waals surface area contributed by atoms with Gasteiger partial charge >= 0.3 is 0 Å². The summed E-state index contributed by atoms with van der Waals surface area (Å²) >= 11 is 1.77. The van der Waals surface area contributed by atoms with Gasteiger partial charge in [0.1, 0.15) is 11.5 Å². The van der Waals surface area contributed by atoms with E-state index in [1.807, 2.05) is 19.1 Å². The van der Waals surface area contributed by atoms with E-state index in [-0.39, 0.29) is 12.4 Å². The minimum Gasteiger partial charge on any atom is -0.491 e. The van der Waals surface area contributed by atoms with Crippen LogP contribution in [0.5, 0.6) is 11.5 Å². The Morgan fingerprint density at radius 1 is 0.767 bits per heavy atom. The first-order valence-electron chi connectivity index (χ1n) is 10.3. The summed E-state index contributed by atoms with van der Waals surface area (Å²) in [6.45, 7) is 6.10. The van der Waals surface area contributed by atoms with E-state index in [9.17, 15) is 0 Å². The van der Waals surface area contributed by atoms with Crippen LogP contribution in [0.1, 0.15) is 27.2 Å². The average molecular weight is 423 g/mol. The largest absolute Gasteiger partial charge is 0.491 e. The topological polar surface area (TPSA) is 27.7 Å². The lowest BCUT2D eigenvalue weighted by Crippen LogP contribution is -2.13. The first-order chi connectivity index (χ1) is 14.5. The van der Waals surface area contributed by atoms with Crippen LogP contribution < -0.4 is 9.47 Å². The summed E-state index contributed by atoms with van der Waals surface area (Å²) in [5.41, 5.74) is 4.79. The van der Waals surface area contributed by atoms with Gasteiger partial charge in [-0.2, -0.15) is 0 Å². The molecule has 0 aliphatic heterocycles. The Balaban J connectivity index is 1.89. The highest BCUT2D eigenvalue weighted by Gasteiger charge is 2.12. The van der Waals surface area contributed by atoms with Crippen LogP contribution in [0, 0.1) is 0 Å². The maximum Gasteiger partial charge on any atom is 0.196 e. The summed E-state index contributed by atoms with van der Waals surface area (Å²) < 4.78 is 16.8. The third kappa shape index (κ3) is 5.38. The van der Waals surface area contributed by atoms with Gasteiger partial charge in [0.25, 0.3) is 0 Å². The molecule has 0 amide bonds. The third-order valence-electron chi connectivity index (χ3n) is 5.10. The number of ether oxygens (including phenoxy) is 3. The number of thioether (sulfide) groups is 1. The summed E-state index contributed by atoms with van der Waals surface area (Å²) in [6, 6.07) is 23.0. The van der Waals surface area contributed by atoms with Crippen LogP contribution >= 0.6 is 11.8 Å². The Bertz CT molecular complexity index is 862. The molecule has 0 N–H and O–H groups in total. The number of benzene rings is 3. The SMILES string of the molecule is CCC(C)Oc1ccc(-c2cccc(-c3ccc(OC(C)OC)cc3)c2SC)cc1. The van der Waals surface area contributed by atoms with E-state index >= 15 is 0 Å². The van der Waals surface area contributed by atoms with Crippen molar-refractivity contribution in [1.82, 2.24) is 0 Å². The lowest BCUT2D eigenvalue weighted by atomic mass is 9.98. The summed E-state index contributed by atoms with van der Waals surface area (Å²) in [5.74, 6) is 1.71. The number of methoxy groups -OCH3 is 1. The van der Waals surface area contributed by atoms with E-state index in [0.29, 0.717) is 0 Å². The number of rotatable bonds is 9. The highest BCUT2D eigenvalue weighted by Crippen LogP contribution is 2.39. The molecule has 3 aromatic rings. The molecule has 158 valence electrons. The van der Waals surface area contributed by atoms with Crippen LogP contribution in [0.25, 0.3) is 22.3 Å². The quantitative estimate of drug-likeness (QED) is 0.267. The van der Waals surface area contributed by atoms with Gasteiger partial charge in [0.15, 0.2) is 6.29 Å². The van der Waals surface area contributed by atoms with Crippen molar-refractivity contribution in [2.24, 2.45) is 0 Å². The van der Waals surface area contributed by atoms with Crippen LogP contribution in [0.3, 0.4) is 0 Å². The molecule has 30 heavy (non-hydrogen) atoms. The van der Waals surface area contributed by atoms with Gasteiger partial charge in [-0.1, -0.05) is 49.4 Å². The zero-order valence-electron chi connectivity index (χ0n) is 18.3. The first kappa shape index (κ1) is 22.3. The van der Waals surface area contributed by atoms with Crippen molar-refractivity contribution < 1.29 is 14.2 Å². The Morgan fingerprint density at radius 2 is 1.27 bits per heavy atom. The van der Waals surface area contributed by atoms with Crippen molar-refractivity contribution in [3.05, 3.63) is 66.7 Å². The highest BCUT2D eigenvalue weighted by molar-refractivity contribution is 7.98. The van der Waals surface area contributed by atoms with E-state index < -0.39 is 0 Å². The molecule has 0 fully saturated rings. The van der Waals surface area contributed by atoms with E-state index in [4.69, 9.17) is 14.2 Å². The fraction of sp³-hybridized carbons (Fsp3) is 0.308. The van der Waals surface area contributed by atoms with Gasteiger partial charge < -0.3 is 14.2 Å². The van der Waals surface area contributed by atoms with Gasteiger partial charge in [0.05, 0.1) is 6.10 Å². The molecular weight excluding hydrogens is 392 g/mol. The smallest absolute Gasteiger partial charge is 0.196 e. The molecule has 4 heteroatoms. The van der Waals surface area contributed by atoms with Crippen molar-refractivity contribution in [1.29, 1.82) is 0 Å². The molecular formula is C26H30O3S. The van der Waals surface area contributed by atoms with Crippen LogP contribution in [-0.4, -0.2) is 25.8 Å². The second-order valence-corrected chi connectivity index (χ2v) is 8.01. The number of hydrogen-bond acceptors (Lipinski definition) is 4. The molecule has 3 rings (SSSR count). The molecule has 0 saturated carbocycles. The Hall–Kier alpha value is -2.43. The normalized spacial score (nSPS) is 13.0. The molecule has 0 heterocycles. The van der Waals surface area contributed by atoms with E-state index in [1.165, 1.54) is 21.6 Å². The minimum atomic E-state index is -0.270. The van der Waals surface area contributed by atoms with Crippen LogP contribution in [-0.2, 0) is 4.74 Å². The van der Waals surface area contributed by atoms with E-state index in [0.717, 1.165) is 23.5 Å². The Morgan fingerprint density at radius 3 is 1.70 bits per heavy atom. The first-order valence-corrected chi connectivity index (χ1v) is 11.5. The van der Waals surface area contributed by atoms with E-state index in [2.05, 4.69) is 74.7 Å². The average Bonchev–Trinajstić information content (AvgIpc) is 2.79. The third-order valence-corrected chi connectivity index (χ3v) is 5.94. The molecule has 3 aromatic carbocycles. The van der Waals surface area contributed by atoms with Crippen LogP contribution in [0.2, 0.25) is 0 Å². The van der Waals surface area contributed by atoms with Gasteiger partial charge in [-0.25, -0.2) is 0 Å². The maximum absolute atomic E-state index is 5.92. The lowest BCUT2D eigenvalue weighted by Gasteiger charge is -2.16. The molecule has 3 nitrogen and oxygen atoms in total. The van der Waals surface area contributed by atoms with Crippen molar-refractivity contribution >= 4 is 11.8 Å². The second-order valence-electron chi connectivity index (χ2n) is 7.19. The molecule has 2 atom stereocenters. The van der Waals surface area contributed by atoms with Gasteiger partial charge in [-0.05, 0) is 73.0 Å². The number of hydrogen-bond donors (Lipinski definition) is 0. The van der Waals surface area contributed by atoms with Gasteiger partial charge in [-0.15, -0.1) is 11.8 Å². The molecule has 0 aliphatic carbocycles. The fourth-order valence-corrected chi connectivity index (χ4v) is 4.00. The molecule has 0 aromatic heterocycles. The van der Waals surface area contributed by atoms with Gasteiger partial charge in [0, 0.05) is 12.0 Å². The predicted octanol–water partition coefficient (Wildman–Crippen LogP) is 7.29. The molecule has 0 radical (unpaired) electrons. The predicted molar refractivity (Wildman–Crippen MR) is 127 cm³/mol. The zero-order chi connectivity index (χ0) is 21.5. The molecule has 0 aliphatic rings. The monoisotopic (exact) mass is 422 g/mol. The summed E-state index contributed by atoms with van der Waals surface area (Å²) in [4.78, 5) is 1.26. The van der Waals surface area contributed by atoms with Crippen molar-refractivity contribution in [3.8, 4) is 33.8 Å². The Labute approximate surface area is 184 Å². The molecule has 0 saturated heterocycles. The van der Waals surface area contributed by atoms with Crippen LogP contribution in [0.15, 0.2) is 71.6 Å². The molecule has 2 unspecified atom stereocenters. The van der Waals surface area contributed by atoms with Crippen molar-refractivity contribution in [3.63, 3.8) is 0 Å². The van der Waals surface area contributed by atoms with Gasteiger partial charge in [-0.3, -0.25) is 0 Å².